The molecule has 1 atom stereocenters. The first-order chi connectivity index (χ1) is 18.3. The Bertz CT molecular complexity index is 474. The lowest BCUT2D eigenvalue weighted by molar-refractivity contribution is 0.135. The Kier molecular flexibility index (Phi) is 25.0. The van der Waals surface area contributed by atoms with Gasteiger partial charge in [-0.1, -0.05) is 168 Å². The first-order valence-electron chi connectivity index (χ1n) is 17.5. The summed E-state index contributed by atoms with van der Waals surface area (Å²) in [5.74, 6) is 0. The molecule has 0 N–H and O–H groups in total. The van der Waals surface area contributed by atoms with Crippen molar-refractivity contribution in [2.75, 3.05) is 13.1 Å². The summed E-state index contributed by atoms with van der Waals surface area (Å²) in [4.78, 5) is 5.36. The molecule has 1 rings (SSSR count). The van der Waals surface area contributed by atoms with Crippen LogP contribution in [0.2, 0.25) is 0 Å². The topological polar surface area (TPSA) is 6.48 Å². The van der Waals surface area contributed by atoms with Gasteiger partial charge in [-0.05, 0) is 25.7 Å². The fourth-order valence-electron chi connectivity index (χ4n) is 6.01. The molecule has 0 aromatic carbocycles. The molecule has 0 spiro atoms. The van der Waals surface area contributed by atoms with Gasteiger partial charge in [0.1, 0.15) is 6.17 Å². The predicted molar refractivity (Wildman–Crippen MR) is 168 cm³/mol. The first-order valence-corrected chi connectivity index (χ1v) is 17.5. The second kappa shape index (κ2) is 26.9. The van der Waals surface area contributed by atoms with E-state index < -0.39 is 0 Å². The lowest BCUT2D eigenvalue weighted by Gasteiger charge is -2.33. The summed E-state index contributed by atoms with van der Waals surface area (Å²) < 4.78 is 0. The molecule has 2 heteroatoms. The van der Waals surface area contributed by atoms with E-state index in [0.29, 0.717) is 6.17 Å². The zero-order valence-electron chi connectivity index (χ0n) is 26.1. The van der Waals surface area contributed by atoms with Crippen LogP contribution in [0, 0.1) is 0 Å². The van der Waals surface area contributed by atoms with Crippen molar-refractivity contribution >= 4 is 0 Å². The molecule has 220 valence electrons. The third-order valence-electron chi connectivity index (χ3n) is 8.57. The molecule has 0 aromatic heterocycles. The lowest BCUT2D eigenvalue weighted by Crippen LogP contribution is -2.39. The summed E-state index contributed by atoms with van der Waals surface area (Å²) in [6.45, 7) is 9.47. The minimum Gasteiger partial charge on any atom is -0.356 e. The number of hydrogen-bond donors (Lipinski definition) is 0. The average Bonchev–Trinajstić information content (AvgIpc) is 3.29. The maximum atomic E-state index is 2.68. The summed E-state index contributed by atoms with van der Waals surface area (Å²) >= 11 is 0. The van der Waals surface area contributed by atoms with Crippen LogP contribution < -0.4 is 0 Å². The van der Waals surface area contributed by atoms with Gasteiger partial charge >= 0.3 is 0 Å². The van der Waals surface area contributed by atoms with Crippen LogP contribution in [0.5, 0.6) is 0 Å². The van der Waals surface area contributed by atoms with Gasteiger partial charge in [-0.25, -0.2) is 0 Å². The molecule has 0 saturated carbocycles. The first kappa shape index (κ1) is 34.4. The van der Waals surface area contributed by atoms with Crippen LogP contribution in [0.1, 0.15) is 194 Å². The van der Waals surface area contributed by atoms with Gasteiger partial charge in [-0.3, -0.25) is 0 Å². The van der Waals surface area contributed by atoms with E-state index in [1.54, 1.807) is 0 Å². The molecule has 0 bridgehead atoms. The Morgan fingerprint density at radius 1 is 0.351 bits per heavy atom. The second-order valence-electron chi connectivity index (χ2n) is 12.2. The van der Waals surface area contributed by atoms with Crippen LogP contribution in [0.3, 0.4) is 0 Å². The van der Waals surface area contributed by atoms with Crippen molar-refractivity contribution in [3.05, 3.63) is 12.4 Å². The normalized spacial score (nSPS) is 15.4. The van der Waals surface area contributed by atoms with Crippen LogP contribution in [-0.4, -0.2) is 29.1 Å². The lowest BCUT2D eigenvalue weighted by atomic mass is 10.0. The molecule has 1 heterocycles. The Balaban J connectivity index is 2.05. The zero-order valence-corrected chi connectivity index (χ0v) is 26.1. The second-order valence-corrected chi connectivity index (χ2v) is 12.2. The molecule has 1 aliphatic heterocycles. The van der Waals surface area contributed by atoms with E-state index in [-0.39, 0.29) is 0 Å². The SMILES string of the molecule is CCCCCCCCCCCCCCCCCN1C=CN(CCCCCCCCCC)C1CCCCC. The summed E-state index contributed by atoms with van der Waals surface area (Å²) in [5, 5.41) is 0. The molecule has 0 amide bonds. The fraction of sp³-hybridized carbons (Fsp3) is 0.943. The zero-order chi connectivity index (χ0) is 26.7. The van der Waals surface area contributed by atoms with Crippen LogP contribution >= 0.6 is 0 Å². The highest BCUT2D eigenvalue weighted by atomic mass is 15.4. The molecule has 2 nitrogen and oxygen atoms in total. The minimum absolute atomic E-state index is 0.641. The quantitative estimate of drug-likeness (QED) is 0.0908. The molecule has 0 aliphatic carbocycles. The molecular weight excluding hydrogens is 448 g/mol. The van der Waals surface area contributed by atoms with E-state index in [1.165, 1.54) is 186 Å². The van der Waals surface area contributed by atoms with Crippen molar-refractivity contribution in [3.63, 3.8) is 0 Å². The highest BCUT2D eigenvalue weighted by molar-refractivity contribution is 4.97. The Morgan fingerprint density at radius 3 is 0.946 bits per heavy atom. The number of nitrogens with zero attached hydrogens (tertiary/aromatic N) is 2. The maximum Gasteiger partial charge on any atom is 0.101 e. The molecule has 0 saturated heterocycles. The molecule has 0 aromatic rings. The maximum absolute atomic E-state index is 2.68. The highest BCUT2D eigenvalue weighted by Crippen LogP contribution is 2.23. The van der Waals surface area contributed by atoms with E-state index in [0.717, 1.165) is 0 Å². The van der Waals surface area contributed by atoms with Crippen LogP contribution in [0.25, 0.3) is 0 Å². The van der Waals surface area contributed by atoms with E-state index in [4.69, 9.17) is 0 Å². The third kappa shape index (κ3) is 20.0. The van der Waals surface area contributed by atoms with Crippen molar-refractivity contribution in [1.29, 1.82) is 0 Å². The average molecular weight is 519 g/mol. The number of rotatable bonds is 29. The minimum atomic E-state index is 0.641. The van der Waals surface area contributed by atoms with Gasteiger partial charge in [0.15, 0.2) is 0 Å². The van der Waals surface area contributed by atoms with E-state index in [1.807, 2.05) is 0 Å². The molecular formula is C35H70N2. The summed E-state index contributed by atoms with van der Waals surface area (Å²) in [6.07, 6.45) is 44.0. The van der Waals surface area contributed by atoms with Gasteiger partial charge in [0, 0.05) is 25.5 Å². The van der Waals surface area contributed by atoms with Crippen molar-refractivity contribution in [2.24, 2.45) is 0 Å². The van der Waals surface area contributed by atoms with Crippen molar-refractivity contribution < 1.29 is 0 Å². The predicted octanol–water partition coefficient (Wildman–Crippen LogP) is 12.0. The van der Waals surface area contributed by atoms with E-state index in [9.17, 15) is 0 Å². The molecule has 1 unspecified atom stereocenters. The summed E-state index contributed by atoms with van der Waals surface area (Å²) in [7, 11) is 0. The molecule has 1 aliphatic rings. The smallest absolute Gasteiger partial charge is 0.101 e. The molecule has 0 radical (unpaired) electrons. The Labute approximate surface area is 235 Å². The number of hydrogen-bond acceptors (Lipinski definition) is 2. The van der Waals surface area contributed by atoms with Gasteiger partial charge < -0.3 is 9.80 Å². The van der Waals surface area contributed by atoms with Crippen LogP contribution in [0.15, 0.2) is 12.4 Å². The van der Waals surface area contributed by atoms with Gasteiger partial charge in [0.2, 0.25) is 0 Å². The fourth-order valence-corrected chi connectivity index (χ4v) is 6.01. The van der Waals surface area contributed by atoms with Gasteiger partial charge in [0.25, 0.3) is 0 Å². The Morgan fingerprint density at radius 2 is 0.622 bits per heavy atom. The summed E-state index contributed by atoms with van der Waals surface area (Å²) in [6, 6.07) is 0. The monoisotopic (exact) mass is 519 g/mol. The van der Waals surface area contributed by atoms with Crippen molar-refractivity contribution in [1.82, 2.24) is 9.80 Å². The van der Waals surface area contributed by atoms with E-state index >= 15 is 0 Å². The van der Waals surface area contributed by atoms with Gasteiger partial charge in [0.05, 0.1) is 0 Å². The molecule has 0 fully saturated rings. The van der Waals surface area contributed by atoms with Crippen LogP contribution in [0.4, 0.5) is 0 Å². The Hall–Kier alpha value is -0.660. The van der Waals surface area contributed by atoms with Crippen molar-refractivity contribution in [3.8, 4) is 0 Å². The van der Waals surface area contributed by atoms with Gasteiger partial charge in [-0.2, -0.15) is 0 Å². The van der Waals surface area contributed by atoms with E-state index in [2.05, 4.69) is 43.0 Å². The van der Waals surface area contributed by atoms with Crippen LogP contribution in [-0.2, 0) is 0 Å². The number of unbranched alkanes of at least 4 members (excludes halogenated alkanes) is 23. The standard InChI is InChI=1S/C35H70N2/c1-4-7-10-12-14-16-17-18-19-20-21-22-24-26-29-32-37-34-33-36(35(37)30-27-9-6-3)31-28-25-23-15-13-11-8-5-2/h33-35H,4-32H2,1-3H3. The van der Waals surface area contributed by atoms with Crippen molar-refractivity contribution in [2.45, 2.75) is 200 Å². The largest absolute Gasteiger partial charge is 0.356 e. The highest BCUT2D eigenvalue weighted by Gasteiger charge is 2.24. The van der Waals surface area contributed by atoms with Gasteiger partial charge in [-0.15, -0.1) is 0 Å². The third-order valence-corrected chi connectivity index (χ3v) is 8.57. The summed E-state index contributed by atoms with van der Waals surface area (Å²) in [5.41, 5.74) is 0. The molecule has 37 heavy (non-hydrogen) atoms.